The maximum atomic E-state index is 10.4. The van der Waals surface area contributed by atoms with Crippen molar-refractivity contribution < 1.29 is 5.11 Å². The second-order valence-corrected chi connectivity index (χ2v) is 5.27. The van der Waals surface area contributed by atoms with Gasteiger partial charge >= 0.3 is 0 Å². The molecule has 0 aromatic heterocycles. The summed E-state index contributed by atoms with van der Waals surface area (Å²) in [6.07, 6.45) is 1.34. The third kappa shape index (κ3) is 2.49. The summed E-state index contributed by atoms with van der Waals surface area (Å²) in [5.41, 5.74) is 4.85. The number of aliphatic hydroxyl groups is 1. The van der Waals surface area contributed by atoms with Crippen molar-refractivity contribution in [1.82, 2.24) is 0 Å². The Bertz CT molecular complexity index is 565. The van der Waals surface area contributed by atoms with Gasteiger partial charge in [-0.1, -0.05) is 42.5 Å². The molecule has 1 atom stereocenters. The molecule has 1 N–H and O–H groups in total. The fourth-order valence-corrected chi connectivity index (χ4v) is 2.75. The lowest BCUT2D eigenvalue weighted by Crippen LogP contribution is -2.12. The van der Waals surface area contributed by atoms with Crippen LogP contribution in [-0.2, 0) is 12.8 Å². The maximum absolute atomic E-state index is 10.4. The van der Waals surface area contributed by atoms with Crippen LogP contribution in [0.15, 0.2) is 48.5 Å². The van der Waals surface area contributed by atoms with Crippen LogP contribution in [-0.4, -0.2) is 18.7 Å². The number of nitrogens with zero attached hydrogens (tertiary/aromatic N) is 1. The van der Waals surface area contributed by atoms with E-state index in [1.165, 1.54) is 16.8 Å². The lowest BCUT2D eigenvalue weighted by Gasteiger charge is -2.15. The molecule has 19 heavy (non-hydrogen) atoms. The van der Waals surface area contributed by atoms with Gasteiger partial charge in [0.2, 0.25) is 0 Å². The molecule has 2 nitrogen and oxygen atoms in total. The summed E-state index contributed by atoms with van der Waals surface area (Å²) in [4.78, 5) is 2.27. The lowest BCUT2D eigenvalue weighted by atomic mass is 9.99. The third-order valence-corrected chi connectivity index (χ3v) is 3.89. The Balaban J connectivity index is 1.79. The van der Waals surface area contributed by atoms with Crippen molar-refractivity contribution in [3.63, 3.8) is 0 Å². The van der Waals surface area contributed by atoms with Gasteiger partial charge in [0.05, 0.1) is 6.10 Å². The summed E-state index contributed by atoms with van der Waals surface area (Å²) in [6.45, 7) is 1.08. The van der Waals surface area contributed by atoms with Gasteiger partial charge < -0.3 is 10.0 Å². The molecule has 1 aliphatic rings. The van der Waals surface area contributed by atoms with E-state index in [0.29, 0.717) is 6.42 Å². The fourth-order valence-electron chi connectivity index (χ4n) is 2.75. The second-order valence-electron chi connectivity index (χ2n) is 5.27. The number of aliphatic hydroxyl groups excluding tert-OH is 1. The highest BCUT2D eigenvalue weighted by atomic mass is 16.3. The van der Waals surface area contributed by atoms with E-state index in [4.69, 9.17) is 0 Å². The van der Waals surface area contributed by atoms with Crippen molar-refractivity contribution in [1.29, 1.82) is 0 Å². The van der Waals surface area contributed by atoms with Gasteiger partial charge in [-0.15, -0.1) is 0 Å². The van der Waals surface area contributed by atoms with E-state index in [0.717, 1.165) is 18.5 Å². The van der Waals surface area contributed by atoms with Gasteiger partial charge in [0.1, 0.15) is 0 Å². The first-order valence-electron chi connectivity index (χ1n) is 6.80. The topological polar surface area (TPSA) is 23.5 Å². The number of likely N-dealkylation sites (N-methyl/N-ethyl adjacent to an activating group) is 1. The summed E-state index contributed by atoms with van der Waals surface area (Å²) >= 11 is 0. The zero-order chi connectivity index (χ0) is 13.2. The van der Waals surface area contributed by atoms with Gasteiger partial charge in [-0.05, 0) is 29.2 Å². The van der Waals surface area contributed by atoms with Crippen LogP contribution in [0.3, 0.4) is 0 Å². The van der Waals surface area contributed by atoms with Crippen LogP contribution in [0.4, 0.5) is 5.69 Å². The van der Waals surface area contributed by atoms with Crippen molar-refractivity contribution in [3.05, 3.63) is 65.2 Å². The predicted octanol–water partition coefficient (Wildman–Crippen LogP) is 2.96. The molecule has 0 amide bonds. The first kappa shape index (κ1) is 12.2. The Morgan fingerprint density at radius 3 is 2.74 bits per heavy atom. The van der Waals surface area contributed by atoms with Crippen LogP contribution in [0.25, 0.3) is 0 Å². The Morgan fingerprint density at radius 1 is 1.16 bits per heavy atom. The van der Waals surface area contributed by atoms with Crippen LogP contribution < -0.4 is 4.90 Å². The maximum Gasteiger partial charge on any atom is 0.0830 e. The Hall–Kier alpha value is -1.80. The zero-order valence-electron chi connectivity index (χ0n) is 11.2. The van der Waals surface area contributed by atoms with Crippen LogP contribution in [0, 0.1) is 0 Å². The highest BCUT2D eigenvalue weighted by Crippen LogP contribution is 2.30. The molecule has 2 heteroatoms. The predicted molar refractivity (Wildman–Crippen MR) is 78.5 cm³/mol. The van der Waals surface area contributed by atoms with E-state index in [9.17, 15) is 5.11 Å². The largest absolute Gasteiger partial charge is 0.388 e. The molecule has 98 valence electrons. The zero-order valence-corrected chi connectivity index (χ0v) is 11.2. The van der Waals surface area contributed by atoms with Gasteiger partial charge in [0.15, 0.2) is 0 Å². The number of hydrogen-bond acceptors (Lipinski definition) is 2. The molecule has 0 fully saturated rings. The lowest BCUT2D eigenvalue weighted by molar-refractivity contribution is 0.178. The molecule has 2 aromatic rings. The van der Waals surface area contributed by atoms with Crippen molar-refractivity contribution in [2.45, 2.75) is 18.9 Å². The molecule has 0 radical (unpaired) electrons. The molecule has 2 aromatic carbocycles. The molecule has 0 aliphatic carbocycles. The molecular formula is C17H19NO. The average molecular weight is 253 g/mol. The Labute approximate surface area is 114 Å². The number of fused-ring (bicyclic) bond motifs is 1. The van der Waals surface area contributed by atoms with Gasteiger partial charge in [0, 0.05) is 25.7 Å². The number of rotatable bonds is 3. The van der Waals surface area contributed by atoms with E-state index in [1.807, 2.05) is 24.3 Å². The molecule has 0 bridgehead atoms. The standard InChI is InChI=1S/C17H19NO/c1-18-10-9-14-12-15(7-8-16(14)18)17(19)11-13-5-3-2-4-6-13/h2-8,12,17,19H,9-11H2,1H3. The SMILES string of the molecule is CN1CCc2cc(C(O)Cc3ccccc3)ccc21. The first-order valence-corrected chi connectivity index (χ1v) is 6.80. The summed E-state index contributed by atoms with van der Waals surface area (Å²) in [5, 5.41) is 10.4. The van der Waals surface area contributed by atoms with E-state index in [1.54, 1.807) is 0 Å². The number of hydrogen-bond donors (Lipinski definition) is 1. The monoisotopic (exact) mass is 253 g/mol. The molecule has 1 aliphatic heterocycles. The van der Waals surface area contributed by atoms with Crippen LogP contribution in [0.2, 0.25) is 0 Å². The van der Waals surface area contributed by atoms with E-state index in [-0.39, 0.29) is 0 Å². The minimum absolute atomic E-state index is 0.418. The third-order valence-electron chi connectivity index (χ3n) is 3.89. The smallest absolute Gasteiger partial charge is 0.0830 e. The van der Waals surface area contributed by atoms with Crippen LogP contribution in [0.5, 0.6) is 0 Å². The second kappa shape index (κ2) is 5.06. The molecule has 1 heterocycles. The van der Waals surface area contributed by atoms with E-state index >= 15 is 0 Å². The van der Waals surface area contributed by atoms with E-state index < -0.39 is 6.10 Å². The molecule has 3 rings (SSSR count). The van der Waals surface area contributed by atoms with Gasteiger partial charge in [-0.2, -0.15) is 0 Å². The molecular weight excluding hydrogens is 234 g/mol. The Kier molecular flexibility index (Phi) is 3.26. The molecule has 1 unspecified atom stereocenters. The summed E-state index contributed by atoms with van der Waals surface area (Å²) in [6, 6.07) is 16.5. The van der Waals surface area contributed by atoms with E-state index in [2.05, 4.69) is 36.2 Å². The molecule has 0 spiro atoms. The van der Waals surface area contributed by atoms with Crippen molar-refractivity contribution in [2.24, 2.45) is 0 Å². The van der Waals surface area contributed by atoms with Crippen molar-refractivity contribution in [3.8, 4) is 0 Å². The van der Waals surface area contributed by atoms with Crippen molar-refractivity contribution in [2.75, 3.05) is 18.5 Å². The highest BCUT2D eigenvalue weighted by molar-refractivity contribution is 5.58. The summed E-state index contributed by atoms with van der Waals surface area (Å²) < 4.78 is 0. The van der Waals surface area contributed by atoms with Gasteiger partial charge in [0.25, 0.3) is 0 Å². The number of anilines is 1. The highest BCUT2D eigenvalue weighted by Gasteiger charge is 2.17. The van der Waals surface area contributed by atoms with Crippen LogP contribution in [0.1, 0.15) is 22.8 Å². The minimum Gasteiger partial charge on any atom is -0.388 e. The van der Waals surface area contributed by atoms with Crippen molar-refractivity contribution >= 4 is 5.69 Å². The average Bonchev–Trinajstić information content (AvgIpc) is 2.81. The minimum atomic E-state index is -0.418. The molecule has 0 saturated heterocycles. The van der Waals surface area contributed by atoms with Gasteiger partial charge in [-0.3, -0.25) is 0 Å². The normalized spacial score (nSPS) is 15.4. The summed E-state index contributed by atoms with van der Waals surface area (Å²) in [7, 11) is 2.12. The quantitative estimate of drug-likeness (QED) is 0.909. The van der Waals surface area contributed by atoms with Crippen LogP contribution >= 0.6 is 0 Å². The Morgan fingerprint density at radius 2 is 1.95 bits per heavy atom. The fraction of sp³-hybridized carbons (Fsp3) is 0.294. The first-order chi connectivity index (χ1) is 9.24. The molecule has 0 saturated carbocycles. The number of benzene rings is 2. The van der Waals surface area contributed by atoms with Gasteiger partial charge in [-0.25, -0.2) is 0 Å². The summed E-state index contributed by atoms with van der Waals surface area (Å²) in [5.74, 6) is 0.